The average Bonchev–Trinajstić information content (AvgIpc) is 3.41. The third-order valence-electron chi connectivity index (χ3n) is 5.88. The van der Waals surface area contributed by atoms with Gasteiger partial charge in [0.15, 0.2) is 16.6 Å². The van der Waals surface area contributed by atoms with Crippen LogP contribution in [0.25, 0.3) is 16.6 Å². The van der Waals surface area contributed by atoms with Gasteiger partial charge in [0.25, 0.3) is 0 Å². The van der Waals surface area contributed by atoms with Crippen molar-refractivity contribution in [1.82, 2.24) is 24.5 Å². The fourth-order valence-corrected chi connectivity index (χ4v) is 4.84. The molecular formula is C23H24N6OS. The van der Waals surface area contributed by atoms with Gasteiger partial charge in [-0.3, -0.25) is 14.2 Å². The molecule has 0 amide bonds. The quantitative estimate of drug-likeness (QED) is 0.445. The van der Waals surface area contributed by atoms with Gasteiger partial charge in [-0.25, -0.2) is 0 Å². The van der Waals surface area contributed by atoms with Crippen LogP contribution in [0.3, 0.4) is 0 Å². The lowest BCUT2D eigenvalue weighted by Crippen LogP contribution is -2.31. The van der Waals surface area contributed by atoms with Crippen molar-refractivity contribution >= 4 is 39.8 Å². The van der Waals surface area contributed by atoms with E-state index in [1.54, 1.807) is 19.2 Å². The number of hydrogen-bond donors (Lipinski definition) is 0. The van der Waals surface area contributed by atoms with Crippen molar-refractivity contribution < 1.29 is 4.79 Å². The number of pyridine rings is 2. The van der Waals surface area contributed by atoms with Crippen molar-refractivity contribution in [3.63, 3.8) is 0 Å². The van der Waals surface area contributed by atoms with Crippen molar-refractivity contribution in [2.75, 3.05) is 32.1 Å². The van der Waals surface area contributed by atoms with Crippen LogP contribution in [-0.2, 0) is 0 Å². The highest BCUT2D eigenvalue weighted by Crippen LogP contribution is 2.31. The van der Waals surface area contributed by atoms with Crippen LogP contribution in [-0.4, -0.2) is 63.5 Å². The number of hydrogen-bond acceptors (Lipinski definition) is 7. The molecule has 7 nitrogen and oxygen atoms in total. The highest BCUT2D eigenvalue weighted by molar-refractivity contribution is 7.99. The lowest BCUT2D eigenvalue weighted by molar-refractivity contribution is 0.101. The topological polar surface area (TPSA) is 66.6 Å². The van der Waals surface area contributed by atoms with Gasteiger partial charge in [-0.2, -0.15) is 0 Å². The number of carbonyl (C=O) groups is 1. The molecule has 1 atom stereocenters. The third kappa shape index (κ3) is 3.88. The number of fused-ring (bicyclic) bond motifs is 2. The summed E-state index contributed by atoms with van der Waals surface area (Å²) in [6.07, 6.45) is 4.95. The molecule has 8 heteroatoms. The smallest absolute Gasteiger partial charge is 0.200 e. The predicted octanol–water partition coefficient (Wildman–Crippen LogP) is 3.77. The molecule has 4 heterocycles. The summed E-state index contributed by atoms with van der Waals surface area (Å²) in [5.74, 6) is 0.0225. The summed E-state index contributed by atoms with van der Waals surface area (Å²) in [6, 6.07) is 12.6. The number of aromatic nitrogens is 4. The molecule has 5 rings (SSSR count). The van der Waals surface area contributed by atoms with E-state index >= 15 is 0 Å². The van der Waals surface area contributed by atoms with Crippen LogP contribution in [0.2, 0.25) is 0 Å². The van der Waals surface area contributed by atoms with Crippen LogP contribution >= 0.6 is 11.8 Å². The maximum atomic E-state index is 11.8. The summed E-state index contributed by atoms with van der Waals surface area (Å²) in [5, 5.41) is 10.4. The minimum absolute atomic E-state index is 0.0225. The minimum Gasteiger partial charge on any atom is -0.369 e. The van der Waals surface area contributed by atoms with E-state index in [-0.39, 0.29) is 5.78 Å². The first-order chi connectivity index (χ1) is 15.0. The van der Waals surface area contributed by atoms with Crippen LogP contribution in [0.1, 0.15) is 23.7 Å². The van der Waals surface area contributed by atoms with Gasteiger partial charge in [-0.05, 0) is 75.6 Å². The van der Waals surface area contributed by atoms with Crippen LogP contribution < -0.4 is 4.90 Å². The summed E-state index contributed by atoms with van der Waals surface area (Å²) >= 11 is 1.53. The van der Waals surface area contributed by atoms with Crippen molar-refractivity contribution in [3.05, 3.63) is 54.4 Å². The Morgan fingerprint density at radius 2 is 2.03 bits per heavy atom. The first-order valence-corrected chi connectivity index (χ1v) is 11.1. The lowest BCUT2D eigenvalue weighted by Gasteiger charge is -2.21. The van der Waals surface area contributed by atoms with Gasteiger partial charge in [0, 0.05) is 41.2 Å². The largest absolute Gasteiger partial charge is 0.369 e. The molecule has 0 aliphatic carbocycles. The minimum atomic E-state index is 0.0225. The third-order valence-corrected chi connectivity index (χ3v) is 6.83. The molecule has 3 aromatic heterocycles. The molecule has 0 bridgehead atoms. The van der Waals surface area contributed by atoms with Crippen molar-refractivity contribution in [2.45, 2.75) is 29.4 Å². The van der Waals surface area contributed by atoms with Gasteiger partial charge in [0.1, 0.15) is 0 Å². The Morgan fingerprint density at radius 1 is 1.16 bits per heavy atom. The highest BCUT2D eigenvalue weighted by atomic mass is 32.2. The zero-order valence-electron chi connectivity index (χ0n) is 17.8. The normalized spacial score (nSPS) is 16.6. The number of anilines is 1. The number of carbonyl (C=O) groups excluding carboxylic acids is 1. The molecule has 1 saturated heterocycles. The Balaban J connectivity index is 1.44. The number of benzene rings is 1. The van der Waals surface area contributed by atoms with E-state index in [0.717, 1.165) is 45.4 Å². The summed E-state index contributed by atoms with van der Waals surface area (Å²) in [7, 11) is 4.29. The van der Waals surface area contributed by atoms with Crippen LogP contribution in [0.5, 0.6) is 0 Å². The second-order valence-corrected chi connectivity index (χ2v) is 9.23. The second kappa shape index (κ2) is 7.94. The van der Waals surface area contributed by atoms with Crippen LogP contribution in [0.4, 0.5) is 5.69 Å². The van der Waals surface area contributed by atoms with E-state index in [1.165, 1.54) is 18.2 Å². The van der Waals surface area contributed by atoms with Crippen molar-refractivity contribution in [3.8, 4) is 0 Å². The summed E-state index contributed by atoms with van der Waals surface area (Å²) in [4.78, 5) is 22.2. The molecule has 1 aromatic carbocycles. The van der Waals surface area contributed by atoms with Crippen molar-refractivity contribution in [1.29, 1.82) is 0 Å². The lowest BCUT2D eigenvalue weighted by atomic mass is 10.2. The SMILES string of the molecule is CC(=O)c1ccc2nnc(Sc3ccc4ncc(N5CCC(N(C)C)C5)cc4c3)n2c1. The molecular weight excluding hydrogens is 408 g/mol. The maximum absolute atomic E-state index is 11.8. The standard InChI is InChI=1S/C23H24N6OS/c1-15(30)16-4-7-22-25-26-23(29(22)13-16)31-20-5-6-21-17(11-20)10-19(12-24-21)28-9-8-18(14-28)27(2)3/h4-7,10-13,18H,8-9,14H2,1-3H3. The second-order valence-electron chi connectivity index (χ2n) is 8.19. The molecule has 1 unspecified atom stereocenters. The van der Waals surface area contributed by atoms with Crippen LogP contribution in [0, 0.1) is 0 Å². The van der Waals surface area contributed by atoms with Gasteiger partial charge >= 0.3 is 0 Å². The van der Waals surface area contributed by atoms with Crippen LogP contribution in [0.15, 0.2) is 58.8 Å². The van der Waals surface area contributed by atoms with E-state index < -0.39 is 0 Å². The monoisotopic (exact) mass is 432 g/mol. The fourth-order valence-electron chi connectivity index (χ4n) is 3.99. The zero-order valence-corrected chi connectivity index (χ0v) is 18.6. The molecule has 1 fully saturated rings. The van der Waals surface area contributed by atoms with Gasteiger partial charge < -0.3 is 9.80 Å². The molecule has 1 aliphatic rings. The maximum Gasteiger partial charge on any atom is 0.200 e. The Hall–Kier alpha value is -2.97. The summed E-state index contributed by atoms with van der Waals surface area (Å²) < 4.78 is 1.87. The zero-order chi connectivity index (χ0) is 21.5. The number of ketones is 1. The molecule has 0 radical (unpaired) electrons. The number of likely N-dealkylation sites (N-methyl/N-ethyl adjacent to an activating group) is 1. The first-order valence-electron chi connectivity index (χ1n) is 10.3. The molecule has 1 aliphatic heterocycles. The molecule has 31 heavy (non-hydrogen) atoms. The molecule has 4 aromatic rings. The first kappa shape index (κ1) is 20.0. The van der Waals surface area contributed by atoms with E-state index in [4.69, 9.17) is 0 Å². The summed E-state index contributed by atoms with van der Waals surface area (Å²) in [6.45, 7) is 3.64. The Kier molecular flexibility index (Phi) is 5.11. The predicted molar refractivity (Wildman–Crippen MR) is 123 cm³/mol. The number of Topliss-reactive ketones (excluding diaryl/α,β-unsaturated/α-hetero) is 1. The van der Waals surface area contributed by atoms with Gasteiger partial charge in [-0.15, -0.1) is 10.2 Å². The molecule has 0 N–H and O–H groups in total. The Morgan fingerprint density at radius 3 is 2.81 bits per heavy atom. The Labute approximate surface area is 185 Å². The van der Waals surface area contributed by atoms with E-state index in [1.807, 2.05) is 28.8 Å². The van der Waals surface area contributed by atoms with E-state index in [2.05, 4.69) is 51.2 Å². The number of rotatable bonds is 5. The highest BCUT2D eigenvalue weighted by Gasteiger charge is 2.24. The molecule has 0 saturated carbocycles. The van der Waals surface area contributed by atoms with Gasteiger partial charge in [-0.1, -0.05) is 0 Å². The Bertz CT molecular complexity index is 1280. The van der Waals surface area contributed by atoms with E-state index in [9.17, 15) is 4.79 Å². The fraction of sp³-hybridized carbons (Fsp3) is 0.304. The average molecular weight is 433 g/mol. The van der Waals surface area contributed by atoms with Crippen molar-refractivity contribution in [2.24, 2.45) is 0 Å². The molecule has 158 valence electrons. The van der Waals surface area contributed by atoms with Gasteiger partial charge in [0.05, 0.1) is 17.4 Å². The molecule has 0 spiro atoms. The number of nitrogens with zero attached hydrogens (tertiary/aromatic N) is 6. The summed E-state index contributed by atoms with van der Waals surface area (Å²) in [5.41, 5.74) is 3.50. The van der Waals surface area contributed by atoms with Gasteiger partial charge in [0.2, 0.25) is 0 Å². The van der Waals surface area contributed by atoms with E-state index in [0.29, 0.717) is 11.6 Å².